The number of carbonyl (C=O) groups is 1. The molecule has 0 aromatic carbocycles. The van der Waals surface area contributed by atoms with Crippen LogP contribution in [0.5, 0.6) is 0 Å². The lowest BCUT2D eigenvalue weighted by Gasteiger charge is -2.22. The minimum Gasteiger partial charge on any atom is -0.381 e. The molecule has 0 N–H and O–H groups in total. The largest absolute Gasteiger partial charge is 0.381 e. The highest BCUT2D eigenvalue weighted by atomic mass is 32.2. The van der Waals surface area contributed by atoms with Crippen molar-refractivity contribution in [1.29, 1.82) is 0 Å². The Bertz CT molecular complexity index is 383. The van der Waals surface area contributed by atoms with Gasteiger partial charge >= 0.3 is 0 Å². The average molecular weight is 278 g/mol. The highest BCUT2D eigenvalue weighted by Crippen LogP contribution is 2.10. The van der Waals surface area contributed by atoms with Gasteiger partial charge in [0.15, 0.2) is 0 Å². The van der Waals surface area contributed by atoms with E-state index in [1.165, 1.54) is 18.3 Å². The van der Waals surface area contributed by atoms with Crippen LogP contribution in [0.4, 0.5) is 0 Å². The van der Waals surface area contributed by atoms with E-state index in [9.17, 15) is 13.2 Å². The number of methoxy groups -OCH3 is 1. The van der Waals surface area contributed by atoms with Crippen molar-refractivity contribution in [3.05, 3.63) is 0 Å². The predicted octanol–water partition coefficient (Wildman–Crippen LogP) is -0.0947. The van der Waals surface area contributed by atoms with Crippen LogP contribution in [0.25, 0.3) is 0 Å². The third-order valence-electron chi connectivity index (χ3n) is 3.14. The molecular formula is C11H22N2O4S. The Labute approximate surface area is 109 Å². The number of sulfonamides is 1. The zero-order chi connectivity index (χ0) is 13.8. The fourth-order valence-corrected chi connectivity index (χ4v) is 3.66. The molecule has 0 radical (unpaired) electrons. The zero-order valence-electron chi connectivity index (χ0n) is 11.3. The molecule has 18 heavy (non-hydrogen) atoms. The van der Waals surface area contributed by atoms with Crippen LogP contribution in [-0.4, -0.2) is 68.7 Å². The normalized spacial score (nSPS) is 20.5. The van der Waals surface area contributed by atoms with Gasteiger partial charge in [0, 0.05) is 40.2 Å². The number of nitrogens with zero attached hydrogens (tertiary/aromatic N) is 2. The molecule has 1 amide bonds. The molecule has 0 aromatic rings. The van der Waals surface area contributed by atoms with Gasteiger partial charge in [0.05, 0.1) is 11.9 Å². The first-order valence-corrected chi connectivity index (χ1v) is 7.74. The van der Waals surface area contributed by atoms with Crippen LogP contribution in [-0.2, 0) is 19.6 Å². The molecule has 0 saturated carbocycles. The second-order valence-corrected chi connectivity index (χ2v) is 6.60. The predicted molar refractivity (Wildman–Crippen MR) is 68.7 cm³/mol. The summed E-state index contributed by atoms with van der Waals surface area (Å²) in [5.41, 5.74) is 0. The molecule has 0 bridgehead atoms. The van der Waals surface area contributed by atoms with E-state index in [2.05, 4.69) is 0 Å². The fourth-order valence-electron chi connectivity index (χ4n) is 1.96. The Morgan fingerprint density at radius 1 is 1.28 bits per heavy atom. The molecule has 1 aliphatic rings. The molecule has 1 saturated heterocycles. The van der Waals surface area contributed by atoms with Gasteiger partial charge in [0.2, 0.25) is 15.9 Å². The molecule has 1 atom stereocenters. The van der Waals surface area contributed by atoms with E-state index in [0.717, 1.165) is 0 Å². The summed E-state index contributed by atoms with van der Waals surface area (Å²) in [6, 6.07) is 0. The van der Waals surface area contributed by atoms with Crippen LogP contribution in [0, 0.1) is 0 Å². The van der Waals surface area contributed by atoms with Gasteiger partial charge in [-0.25, -0.2) is 12.7 Å². The Morgan fingerprint density at radius 2 is 1.94 bits per heavy atom. The molecule has 1 fully saturated rings. The van der Waals surface area contributed by atoms with Crippen molar-refractivity contribution in [2.75, 3.05) is 39.0 Å². The third kappa shape index (κ3) is 4.22. The summed E-state index contributed by atoms with van der Waals surface area (Å²) >= 11 is 0. The SMILES string of the molecule is CO[C@H](C)CS(=O)(=O)N1CCCN(C(C)=O)CC1. The van der Waals surface area contributed by atoms with Gasteiger partial charge < -0.3 is 9.64 Å². The van der Waals surface area contributed by atoms with Crippen molar-refractivity contribution in [3.63, 3.8) is 0 Å². The van der Waals surface area contributed by atoms with Crippen LogP contribution in [0.3, 0.4) is 0 Å². The lowest BCUT2D eigenvalue weighted by Crippen LogP contribution is -2.39. The van der Waals surface area contributed by atoms with Crippen LogP contribution < -0.4 is 0 Å². The molecule has 0 unspecified atom stereocenters. The van der Waals surface area contributed by atoms with Crippen molar-refractivity contribution in [2.24, 2.45) is 0 Å². The van der Waals surface area contributed by atoms with Crippen LogP contribution in [0.2, 0.25) is 0 Å². The van der Waals surface area contributed by atoms with E-state index in [4.69, 9.17) is 4.74 Å². The lowest BCUT2D eigenvalue weighted by molar-refractivity contribution is -0.128. The maximum absolute atomic E-state index is 12.1. The second-order valence-electron chi connectivity index (χ2n) is 4.58. The number of rotatable bonds is 4. The minimum absolute atomic E-state index is 0.000456. The van der Waals surface area contributed by atoms with Crippen molar-refractivity contribution in [3.8, 4) is 0 Å². The zero-order valence-corrected chi connectivity index (χ0v) is 12.1. The molecular weight excluding hydrogens is 256 g/mol. The Morgan fingerprint density at radius 3 is 2.50 bits per heavy atom. The molecule has 0 aliphatic carbocycles. The molecule has 1 rings (SSSR count). The van der Waals surface area contributed by atoms with Gasteiger partial charge in [-0.15, -0.1) is 0 Å². The summed E-state index contributed by atoms with van der Waals surface area (Å²) in [4.78, 5) is 13.0. The quantitative estimate of drug-likeness (QED) is 0.720. The van der Waals surface area contributed by atoms with E-state index in [-0.39, 0.29) is 17.8 Å². The van der Waals surface area contributed by atoms with E-state index < -0.39 is 10.0 Å². The smallest absolute Gasteiger partial charge is 0.219 e. The Hall–Kier alpha value is -0.660. The third-order valence-corrected chi connectivity index (χ3v) is 5.18. The second kappa shape index (κ2) is 6.49. The molecule has 6 nitrogen and oxygen atoms in total. The maximum atomic E-state index is 12.1. The van der Waals surface area contributed by atoms with Gasteiger partial charge in [-0.2, -0.15) is 0 Å². The van der Waals surface area contributed by atoms with Crippen LogP contribution in [0.1, 0.15) is 20.3 Å². The number of amides is 1. The molecule has 1 heterocycles. The standard InChI is InChI=1S/C11H22N2O4S/c1-10(17-3)9-18(15,16)13-6-4-5-12(7-8-13)11(2)14/h10H,4-9H2,1-3H3/t10-/m1/s1. The fraction of sp³-hybridized carbons (Fsp3) is 0.909. The lowest BCUT2D eigenvalue weighted by atomic mass is 10.4. The van der Waals surface area contributed by atoms with Crippen LogP contribution in [0.15, 0.2) is 0 Å². The van der Waals surface area contributed by atoms with Gasteiger partial charge in [-0.1, -0.05) is 0 Å². The van der Waals surface area contributed by atoms with Crippen molar-refractivity contribution in [1.82, 2.24) is 9.21 Å². The monoisotopic (exact) mass is 278 g/mol. The van der Waals surface area contributed by atoms with Gasteiger partial charge in [0.25, 0.3) is 0 Å². The van der Waals surface area contributed by atoms with E-state index >= 15 is 0 Å². The van der Waals surface area contributed by atoms with Gasteiger partial charge in [-0.05, 0) is 13.3 Å². The van der Waals surface area contributed by atoms with Crippen molar-refractivity contribution < 1.29 is 17.9 Å². The molecule has 106 valence electrons. The number of carbonyl (C=O) groups excluding carboxylic acids is 1. The summed E-state index contributed by atoms with van der Waals surface area (Å²) in [6.45, 7) is 5.19. The molecule has 1 aliphatic heterocycles. The Kier molecular flexibility index (Phi) is 5.55. The topological polar surface area (TPSA) is 66.9 Å². The first kappa shape index (κ1) is 15.4. The van der Waals surface area contributed by atoms with Gasteiger partial charge in [0.1, 0.15) is 0 Å². The molecule has 7 heteroatoms. The number of hydrogen-bond donors (Lipinski definition) is 0. The summed E-state index contributed by atoms with van der Waals surface area (Å²) in [7, 11) is -1.80. The van der Waals surface area contributed by atoms with Crippen LogP contribution >= 0.6 is 0 Å². The Balaban J connectivity index is 2.64. The van der Waals surface area contributed by atoms with E-state index in [0.29, 0.717) is 32.6 Å². The van der Waals surface area contributed by atoms with E-state index in [1.807, 2.05) is 0 Å². The van der Waals surface area contributed by atoms with Crippen molar-refractivity contribution >= 4 is 15.9 Å². The number of ether oxygens (including phenoxy) is 1. The number of hydrogen-bond acceptors (Lipinski definition) is 4. The highest BCUT2D eigenvalue weighted by Gasteiger charge is 2.27. The molecule has 0 aromatic heterocycles. The first-order valence-electron chi connectivity index (χ1n) is 6.13. The summed E-state index contributed by atoms with van der Waals surface area (Å²) in [6.07, 6.45) is 0.363. The first-order chi connectivity index (χ1) is 8.36. The summed E-state index contributed by atoms with van der Waals surface area (Å²) in [5, 5.41) is 0. The average Bonchev–Trinajstić information content (AvgIpc) is 2.54. The summed E-state index contributed by atoms with van der Waals surface area (Å²) < 4.78 is 30.7. The maximum Gasteiger partial charge on any atom is 0.219 e. The van der Waals surface area contributed by atoms with Gasteiger partial charge in [-0.3, -0.25) is 4.79 Å². The van der Waals surface area contributed by atoms with Crippen molar-refractivity contribution in [2.45, 2.75) is 26.4 Å². The highest BCUT2D eigenvalue weighted by molar-refractivity contribution is 7.89. The molecule has 0 spiro atoms. The van der Waals surface area contributed by atoms with E-state index in [1.54, 1.807) is 11.8 Å². The summed E-state index contributed by atoms with van der Waals surface area (Å²) in [5.74, 6) is -0.0108. The minimum atomic E-state index is -3.30.